The third-order valence-electron chi connectivity index (χ3n) is 7.80. The van der Waals surface area contributed by atoms with E-state index in [1.165, 1.54) is 6.08 Å². The Hall–Kier alpha value is -4.38. The molecule has 0 bridgehead atoms. The Balaban J connectivity index is 1.32. The van der Waals surface area contributed by atoms with Gasteiger partial charge in [-0.25, -0.2) is 0 Å². The predicted molar refractivity (Wildman–Crippen MR) is 162 cm³/mol. The van der Waals surface area contributed by atoms with Crippen LogP contribution in [-0.2, 0) is 20.9 Å². The molecule has 2 aromatic rings. The van der Waals surface area contributed by atoms with E-state index in [9.17, 15) is 19.2 Å². The number of ether oxygens (including phenoxy) is 2. The van der Waals surface area contributed by atoms with Gasteiger partial charge in [0, 0.05) is 19.6 Å². The highest BCUT2D eigenvalue weighted by Gasteiger charge is 2.40. The average Bonchev–Trinajstić information content (AvgIpc) is 3.02. The molecule has 1 spiro atoms. The van der Waals surface area contributed by atoms with Crippen molar-refractivity contribution in [1.82, 2.24) is 26.2 Å². The van der Waals surface area contributed by atoms with Crippen molar-refractivity contribution in [2.45, 2.75) is 32.2 Å². The minimum atomic E-state index is -0.691. The van der Waals surface area contributed by atoms with Crippen LogP contribution in [0.3, 0.4) is 0 Å². The second-order valence-electron chi connectivity index (χ2n) is 10.8. The number of hydrogen-bond acceptors (Lipinski definition) is 7. The molecule has 0 atom stereocenters. The molecule has 4 N–H and O–H groups in total. The van der Waals surface area contributed by atoms with Crippen molar-refractivity contribution in [2.24, 2.45) is 5.41 Å². The Labute approximate surface area is 252 Å². The zero-order valence-electron chi connectivity index (χ0n) is 24.7. The lowest BCUT2D eigenvalue weighted by atomic mass is 9.74. The second-order valence-corrected chi connectivity index (χ2v) is 10.8. The van der Waals surface area contributed by atoms with Crippen molar-refractivity contribution in [3.05, 3.63) is 71.8 Å². The molecule has 2 aromatic carbocycles. The molecule has 1 saturated heterocycles. The molecule has 0 aliphatic carbocycles. The maximum absolute atomic E-state index is 13.5. The lowest BCUT2D eigenvalue weighted by molar-refractivity contribution is -0.134. The number of rotatable bonds is 5. The molecule has 230 valence electrons. The van der Waals surface area contributed by atoms with Gasteiger partial charge >= 0.3 is 0 Å². The molecular formula is C32H41N5O6. The highest BCUT2D eigenvalue weighted by Crippen LogP contribution is 2.36. The molecule has 11 nitrogen and oxygen atoms in total. The largest absolute Gasteiger partial charge is 0.497 e. The first kappa shape index (κ1) is 31.6. The number of hydrogen-bond donors (Lipinski definition) is 4. The summed E-state index contributed by atoms with van der Waals surface area (Å²) < 4.78 is 10.9. The summed E-state index contributed by atoms with van der Waals surface area (Å²) in [7, 11) is 1.61. The lowest BCUT2D eigenvalue weighted by Gasteiger charge is -2.40. The number of fused-ring (bicyclic) bond motifs is 1. The van der Waals surface area contributed by atoms with Gasteiger partial charge in [0.25, 0.3) is 5.91 Å². The Kier molecular flexibility index (Phi) is 11.5. The van der Waals surface area contributed by atoms with E-state index in [0.29, 0.717) is 69.7 Å². The Morgan fingerprint density at radius 2 is 1.72 bits per heavy atom. The molecule has 4 amide bonds. The van der Waals surface area contributed by atoms with E-state index in [4.69, 9.17) is 9.47 Å². The lowest BCUT2D eigenvalue weighted by Crippen LogP contribution is -2.50. The predicted octanol–water partition coefficient (Wildman–Crippen LogP) is 1.78. The van der Waals surface area contributed by atoms with Crippen molar-refractivity contribution in [3.8, 4) is 11.5 Å². The van der Waals surface area contributed by atoms with Crippen LogP contribution in [0.15, 0.2) is 60.7 Å². The number of nitrogens with one attached hydrogen (secondary N) is 4. The number of para-hydroxylation sites is 1. The van der Waals surface area contributed by atoms with Crippen LogP contribution >= 0.6 is 0 Å². The highest BCUT2D eigenvalue weighted by atomic mass is 16.5. The minimum Gasteiger partial charge on any atom is -0.497 e. The van der Waals surface area contributed by atoms with Gasteiger partial charge in [-0.3, -0.25) is 24.1 Å². The van der Waals surface area contributed by atoms with E-state index in [-0.39, 0.29) is 43.3 Å². The third kappa shape index (κ3) is 9.31. The fraction of sp³-hybridized carbons (Fsp3) is 0.438. The second kappa shape index (κ2) is 15.7. The van der Waals surface area contributed by atoms with Crippen LogP contribution in [0.2, 0.25) is 0 Å². The molecule has 0 aromatic heterocycles. The zero-order chi connectivity index (χ0) is 30.5. The summed E-state index contributed by atoms with van der Waals surface area (Å²) in [5.41, 5.74) is 0.705. The molecule has 43 heavy (non-hydrogen) atoms. The van der Waals surface area contributed by atoms with E-state index in [1.54, 1.807) is 37.5 Å². The Morgan fingerprint density at radius 3 is 2.49 bits per heavy atom. The number of carbonyl (C=O) groups excluding carboxylic acids is 4. The first-order valence-corrected chi connectivity index (χ1v) is 14.7. The topological polar surface area (TPSA) is 138 Å². The molecule has 2 aliphatic heterocycles. The maximum atomic E-state index is 13.5. The highest BCUT2D eigenvalue weighted by molar-refractivity contribution is 5.96. The summed E-state index contributed by atoms with van der Waals surface area (Å²) in [6, 6.07) is 14.5. The summed E-state index contributed by atoms with van der Waals surface area (Å²) in [4.78, 5) is 53.3. The molecule has 0 unspecified atom stereocenters. The standard InChI is InChI=1S/C32H41N5O6/c1-42-25-11-9-24(10-12-25)22-36-29(39)23-37-19-14-32(15-20-37)13-4-8-28(38)33-18-21-43-27-7-3-2-6-26(27)30(40)34-16-5-17-35-31(32)41/h2-4,6-12H,5,13-23H2,1H3,(H,33,38)(H,34,40)(H,35,41)(H,36,39)/b8-4+. The normalized spacial score (nSPS) is 19.3. The monoisotopic (exact) mass is 591 g/mol. The molecule has 1 fully saturated rings. The number of benzene rings is 2. The van der Waals surface area contributed by atoms with Crippen LogP contribution in [0, 0.1) is 5.41 Å². The summed E-state index contributed by atoms with van der Waals surface area (Å²) in [6.07, 6.45) is 5.29. The number of allylic oxidation sites excluding steroid dienone is 1. The smallest absolute Gasteiger partial charge is 0.255 e. The van der Waals surface area contributed by atoms with Crippen LogP contribution in [0.4, 0.5) is 0 Å². The number of piperidine rings is 1. The number of carbonyl (C=O) groups is 4. The van der Waals surface area contributed by atoms with Gasteiger partial charge in [-0.15, -0.1) is 0 Å². The van der Waals surface area contributed by atoms with E-state index in [2.05, 4.69) is 26.2 Å². The van der Waals surface area contributed by atoms with Crippen molar-refractivity contribution in [2.75, 3.05) is 53.0 Å². The van der Waals surface area contributed by atoms with Crippen molar-refractivity contribution in [3.63, 3.8) is 0 Å². The van der Waals surface area contributed by atoms with E-state index >= 15 is 0 Å². The van der Waals surface area contributed by atoms with Crippen LogP contribution < -0.4 is 30.7 Å². The van der Waals surface area contributed by atoms with Crippen molar-refractivity contribution >= 4 is 23.6 Å². The zero-order valence-corrected chi connectivity index (χ0v) is 24.7. The summed E-state index contributed by atoms with van der Waals surface area (Å²) in [5, 5.41) is 11.7. The fourth-order valence-corrected chi connectivity index (χ4v) is 5.21. The van der Waals surface area contributed by atoms with Gasteiger partial charge in [0.05, 0.1) is 31.2 Å². The third-order valence-corrected chi connectivity index (χ3v) is 7.80. The minimum absolute atomic E-state index is 0.0765. The summed E-state index contributed by atoms with van der Waals surface area (Å²) >= 11 is 0. The molecule has 0 saturated carbocycles. The van der Waals surface area contributed by atoms with Crippen LogP contribution in [0.1, 0.15) is 41.6 Å². The fourth-order valence-electron chi connectivity index (χ4n) is 5.21. The molecule has 11 heteroatoms. The van der Waals surface area contributed by atoms with Gasteiger partial charge in [0.1, 0.15) is 18.1 Å². The van der Waals surface area contributed by atoms with Crippen LogP contribution in [-0.4, -0.2) is 81.5 Å². The first-order chi connectivity index (χ1) is 20.9. The van der Waals surface area contributed by atoms with Crippen molar-refractivity contribution < 1.29 is 28.7 Å². The SMILES string of the molecule is COc1ccc(CNC(=O)CN2CCC3(C/C=C/C(=O)NCCOc4ccccc4C(=O)NCCCNC3=O)CC2)cc1. The summed E-state index contributed by atoms with van der Waals surface area (Å²) in [5.74, 6) is 0.517. The Bertz CT molecular complexity index is 1290. The number of nitrogens with zero attached hydrogens (tertiary/aromatic N) is 1. The molecule has 2 heterocycles. The average molecular weight is 592 g/mol. The molecular weight excluding hydrogens is 550 g/mol. The molecule has 2 aliphatic rings. The van der Waals surface area contributed by atoms with Gasteiger partial charge in [-0.1, -0.05) is 30.3 Å². The quantitative estimate of drug-likeness (QED) is 0.416. The van der Waals surface area contributed by atoms with Gasteiger partial charge in [0.2, 0.25) is 17.7 Å². The first-order valence-electron chi connectivity index (χ1n) is 14.7. The van der Waals surface area contributed by atoms with E-state index < -0.39 is 5.41 Å². The number of methoxy groups -OCH3 is 1. The maximum Gasteiger partial charge on any atom is 0.255 e. The summed E-state index contributed by atoms with van der Waals surface area (Å²) in [6.45, 7) is 3.11. The van der Waals surface area contributed by atoms with Crippen LogP contribution in [0.5, 0.6) is 11.5 Å². The van der Waals surface area contributed by atoms with Gasteiger partial charge in [-0.2, -0.15) is 0 Å². The number of likely N-dealkylation sites (tertiary alicyclic amines) is 1. The van der Waals surface area contributed by atoms with Gasteiger partial charge in [0.15, 0.2) is 0 Å². The van der Waals surface area contributed by atoms with Crippen molar-refractivity contribution in [1.29, 1.82) is 0 Å². The van der Waals surface area contributed by atoms with E-state index in [1.807, 2.05) is 24.3 Å². The number of amides is 4. The molecule has 0 radical (unpaired) electrons. The van der Waals surface area contributed by atoms with E-state index in [0.717, 1.165) is 11.3 Å². The van der Waals surface area contributed by atoms with Gasteiger partial charge < -0.3 is 30.7 Å². The Morgan fingerprint density at radius 1 is 0.977 bits per heavy atom. The van der Waals surface area contributed by atoms with Crippen LogP contribution in [0.25, 0.3) is 0 Å². The molecule has 4 rings (SSSR count). The van der Waals surface area contributed by atoms with Gasteiger partial charge in [-0.05, 0) is 74.7 Å².